The van der Waals surface area contributed by atoms with Gasteiger partial charge in [0.25, 0.3) is 0 Å². The maximum absolute atomic E-state index is 12.8. The van der Waals surface area contributed by atoms with E-state index in [9.17, 15) is 27.6 Å². The summed E-state index contributed by atoms with van der Waals surface area (Å²) >= 11 is 0. The molecule has 2 saturated heterocycles. The number of hydrogen-bond acceptors (Lipinski definition) is 10. The number of amides is 4. The molecule has 204 valence electrons. The second-order valence-electron chi connectivity index (χ2n) is 9.39. The first kappa shape index (κ1) is 25.0. The highest BCUT2D eigenvalue weighted by atomic mass is 32.3. The van der Waals surface area contributed by atoms with E-state index in [2.05, 4.69) is 10.2 Å². The quantitative estimate of drug-likeness (QED) is 0.408. The van der Waals surface area contributed by atoms with E-state index < -0.39 is 34.5 Å². The van der Waals surface area contributed by atoms with Gasteiger partial charge in [-0.15, -0.1) is 8.57 Å². The number of nitrogens with zero attached hydrogens (tertiary/aromatic N) is 8. The average Bonchev–Trinajstić information content (AvgIpc) is 3.66. The van der Waals surface area contributed by atoms with Gasteiger partial charge < -0.3 is 9.80 Å². The standard InChI is InChI=1S/C22H22N8O8S/c1-13(31)19-3-5-27(23-19)15-7-17-11-25(9-15)21(33)29(17)37-39(35,36)38-30-18-8-16(10-26(12-18)22(30)34)28-6-4-20(24-28)14(2)32/h3-8,17-18H,9-12H2,1-2H3. The molecule has 2 unspecified atom stereocenters. The second kappa shape index (κ2) is 8.85. The van der Waals surface area contributed by atoms with Gasteiger partial charge in [0.15, 0.2) is 11.6 Å². The van der Waals surface area contributed by atoms with Gasteiger partial charge in [0.1, 0.15) is 23.5 Å². The third kappa shape index (κ3) is 4.39. The predicted molar refractivity (Wildman–Crippen MR) is 129 cm³/mol. The number of rotatable bonds is 8. The molecule has 4 bridgehead atoms. The first-order valence-electron chi connectivity index (χ1n) is 11.8. The van der Waals surface area contributed by atoms with Crippen molar-refractivity contribution in [1.82, 2.24) is 39.5 Å². The molecule has 16 nitrogen and oxygen atoms in total. The van der Waals surface area contributed by atoms with Crippen molar-refractivity contribution in [3.63, 3.8) is 0 Å². The summed E-state index contributed by atoms with van der Waals surface area (Å²) in [6, 6.07) is 0.0749. The minimum absolute atomic E-state index is 0.114. The second-order valence-corrected chi connectivity index (χ2v) is 10.5. The number of carbonyl (C=O) groups is 4. The molecule has 4 amide bonds. The number of fused-ring (bicyclic) bond motifs is 4. The van der Waals surface area contributed by atoms with Crippen molar-refractivity contribution in [3.8, 4) is 0 Å². The Morgan fingerprint density at radius 2 is 1.21 bits per heavy atom. The van der Waals surface area contributed by atoms with E-state index >= 15 is 0 Å². The van der Waals surface area contributed by atoms with Crippen LogP contribution in [-0.2, 0) is 19.0 Å². The van der Waals surface area contributed by atoms with E-state index in [-0.39, 0.29) is 49.1 Å². The largest absolute Gasteiger partial charge is 0.442 e. The fourth-order valence-corrected chi connectivity index (χ4v) is 5.56. The monoisotopic (exact) mass is 558 g/mol. The van der Waals surface area contributed by atoms with Crippen LogP contribution in [0.5, 0.6) is 0 Å². The van der Waals surface area contributed by atoms with E-state index in [1.165, 1.54) is 45.1 Å². The Hall–Kier alpha value is -4.35. The SMILES string of the molecule is CC(=O)c1ccn(C2=CC3CN(C2)C(=O)N3OS(=O)(=O)ON2C(=O)N3CC(n4ccc(C(C)=O)n4)=CC2C3)n1. The zero-order valence-electron chi connectivity index (χ0n) is 20.7. The number of Topliss-reactive ketones (excluding diaryl/α,β-unsaturated/α-hetero) is 2. The summed E-state index contributed by atoms with van der Waals surface area (Å²) in [5.74, 6) is -0.440. The zero-order chi connectivity index (χ0) is 27.6. The van der Waals surface area contributed by atoms with Crippen LogP contribution in [0.1, 0.15) is 34.8 Å². The molecule has 2 aromatic heterocycles. The van der Waals surface area contributed by atoms with Gasteiger partial charge >= 0.3 is 22.5 Å². The van der Waals surface area contributed by atoms with Crippen LogP contribution in [-0.4, -0.2) is 110 Å². The lowest BCUT2D eigenvalue weighted by Crippen LogP contribution is -2.40. The Morgan fingerprint density at radius 3 is 1.56 bits per heavy atom. The number of ketones is 2. The first-order chi connectivity index (χ1) is 18.5. The minimum atomic E-state index is -4.91. The lowest BCUT2D eigenvalue weighted by molar-refractivity contribution is -0.0723. The average molecular weight is 559 g/mol. The molecular formula is C22H22N8O8S. The minimum Gasteiger partial charge on any atom is -0.314 e. The maximum Gasteiger partial charge on any atom is 0.442 e. The molecule has 0 N–H and O–H groups in total. The lowest BCUT2D eigenvalue weighted by Gasteiger charge is -2.22. The Labute approximate surface area is 221 Å². The number of urea groups is 2. The van der Waals surface area contributed by atoms with Crippen molar-refractivity contribution in [2.45, 2.75) is 25.9 Å². The van der Waals surface area contributed by atoms with Crippen molar-refractivity contribution in [1.29, 1.82) is 0 Å². The molecule has 4 aliphatic rings. The fourth-order valence-electron chi connectivity index (χ4n) is 4.79. The van der Waals surface area contributed by atoms with E-state index in [1.807, 2.05) is 0 Å². The molecule has 6 heterocycles. The Balaban J connectivity index is 1.18. The van der Waals surface area contributed by atoms with Crippen LogP contribution in [0.4, 0.5) is 9.59 Å². The lowest BCUT2D eigenvalue weighted by atomic mass is 10.2. The molecule has 0 saturated carbocycles. The number of hydroxylamine groups is 4. The first-order valence-corrected chi connectivity index (χ1v) is 13.2. The van der Waals surface area contributed by atoms with Crippen LogP contribution < -0.4 is 0 Å². The summed E-state index contributed by atoms with van der Waals surface area (Å²) in [6.07, 6.45) is 6.37. The van der Waals surface area contributed by atoms with Gasteiger partial charge in [0.05, 0.1) is 24.5 Å². The van der Waals surface area contributed by atoms with Gasteiger partial charge in [-0.25, -0.2) is 19.0 Å². The summed E-state index contributed by atoms with van der Waals surface area (Å²) in [6.45, 7) is 3.32. The molecule has 2 aromatic rings. The van der Waals surface area contributed by atoms with Gasteiger partial charge in [0.2, 0.25) is 0 Å². The molecule has 2 atom stereocenters. The number of aromatic nitrogens is 4. The molecule has 17 heteroatoms. The topological polar surface area (TPSA) is 169 Å². The van der Waals surface area contributed by atoms with E-state index in [0.717, 1.165) is 0 Å². The van der Waals surface area contributed by atoms with Crippen LogP contribution in [0.15, 0.2) is 36.7 Å². The molecule has 0 radical (unpaired) electrons. The van der Waals surface area contributed by atoms with Gasteiger partial charge in [-0.1, -0.05) is 0 Å². The van der Waals surface area contributed by atoms with E-state index in [0.29, 0.717) is 21.5 Å². The van der Waals surface area contributed by atoms with E-state index in [4.69, 9.17) is 8.57 Å². The Kier molecular flexibility index (Phi) is 5.67. The molecule has 4 aliphatic heterocycles. The van der Waals surface area contributed by atoms with Crippen molar-refractivity contribution in [2.24, 2.45) is 0 Å². The number of hydrogen-bond donors (Lipinski definition) is 0. The summed E-state index contributed by atoms with van der Waals surface area (Å²) < 4.78 is 38.6. The van der Waals surface area contributed by atoms with Crippen LogP contribution >= 0.6 is 0 Å². The van der Waals surface area contributed by atoms with Crippen LogP contribution in [0.2, 0.25) is 0 Å². The molecule has 39 heavy (non-hydrogen) atoms. The summed E-state index contributed by atoms with van der Waals surface area (Å²) in [5, 5.41) is 9.69. The summed E-state index contributed by atoms with van der Waals surface area (Å²) in [7, 11) is -4.91. The third-order valence-electron chi connectivity index (χ3n) is 6.64. The van der Waals surface area contributed by atoms with Crippen molar-refractivity contribution >= 4 is 45.4 Å². The third-order valence-corrected chi connectivity index (χ3v) is 7.33. The summed E-state index contributed by atoms with van der Waals surface area (Å²) in [5.41, 5.74) is 1.60. The summed E-state index contributed by atoms with van der Waals surface area (Å²) in [4.78, 5) is 51.6. The Bertz CT molecular complexity index is 1480. The van der Waals surface area contributed by atoms with Crippen molar-refractivity contribution in [3.05, 3.63) is 48.1 Å². The van der Waals surface area contributed by atoms with Crippen LogP contribution in [0.3, 0.4) is 0 Å². The highest BCUT2D eigenvalue weighted by molar-refractivity contribution is 7.81. The van der Waals surface area contributed by atoms with E-state index in [1.54, 1.807) is 24.5 Å². The van der Waals surface area contributed by atoms with Crippen LogP contribution in [0.25, 0.3) is 11.4 Å². The zero-order valence-corrected chi connectivity index (χ0v) is 21.5. The van der Waals surface area contributed by atoms with Crippen molar-refractivity contribution < 1.29 is 36.2 Å². The molecular weight excluding hydrogens is 536 g/mol. The normalized spacial score (nSPS) is 22.5. The molecule has 0 spiro atoms. The number of carbonyl (C=O) groups excluding carboxylic acids is 4. The highest BCUT2D eigenvalue weighted by Crippen LogP contribution is 2.30. The van der Waals surface area contributed by atoms with Gasteiger partial charge in [-0.3, -0.25) is 9.59 Å². The fraction of sp³-hybridized carbons (Fsp3) is 0.364. The van der Waals surface area contributed by atoms with Gasteiger partial charge in [-0.05, 0) is 24.3 Å². The molecule has 0 aliphatic carbocycles. The van der Waals surface area contributed by atoms with Crippen molar-refractivity contribution in [2.75, 3.05) is 26.2 Å². The maximum atomic E-state index is 12.8. The predicted octanol–water partition coefficient (Wildman–Crippen LogP) is 0.214. The van der Waals surface area contributed by atoms with Gasteiger partial charge in [-0.2, -0.15) is 28.7 Å². The van der Waals surface area contributed by atoms with Gasteiger partial charge in [0, 0.05) is 39.3 Å². The molecule has 0 aromatic carbocycles. The smallest absolute Gasteiger partial charge is 0.314 e. The molecule has 6 rings (SSSR count). The van der Waals surface area contributed by atoms with Crippen LogP contribution in [0, 0.1) is 0 Å². The molecule has 2 fully saturated rings. The highest BCUT2D eigenvalue weighted by Gasteiger charge is 2.47. The Morgan fingerprint density at radius 1 is 0.795 bits per heavy atom.